The number of nitrogens with one attached hydrogen (secondary N) is 3. The van der Waals surface area contributed by atoms with Gasteiger partial charge in [-0.05, 0) is 59.5 Å². The van der Waals surface area contributed by atoms with E-state index >= 15 is 0 Å². The van der Waals surface area contributed by atoms with E-state index in [4.69, 9.17) is 4.42 Å². The number of thioether (sulfide) groups is 1. The van der Waals surface area contributed by atoms with Crippen LogP contribution in [-0.2, 0) is 4.79 Å². The normalized spacial score (nSPS) is 11.8. The predicted octanol–water partition coefficient (Wildman–Crippen LogP) is 6.49. The van der Waals surface area contributed by atoms with Crippen LogP contribution in [0.1, 0.15) is 21.4 Å². The fraction of sp³-hybridized carbons (Fsp3) is 0.0370. The van der Waals surface area contributed by atoms with Gasteiger partial charge in [-0.15, -0.1) is 11.8 Å². The highest BCUT2D eigenvalue weighted by atomic mass is 32.2. The Labute approximate surface area is 200 Å². The summed E-state index contributed by atoms with van der Waals surface area (Å²) in [5, 5.41) is 6.47. The van der Waals surface area contributed by atoms with Crippen molar-refractivity contribution in [1.82, 2.24) is 4.98 Å². The van der Waals surface area contributed by atoms with Gasteiger partial charge in [-0.3, -0.25) is 9.59 Å². The van der Waals surface area contributed by atoms with Crippen molar-refractivity contribution in [2.75, 3.05) is 10.6 Å². The van der Waals surface area contributed by atoms with Crippen LogP contribution in [0.2, 0.25) is 0 Å². The van der Waals surface area contributed by atoms with E-state index in [1.54, 1.807) is 18.2 Å². The lowest BCUT2D eigenvalue weighted by molar-refractivity contribution is -0.115. The lowest BCUT2D eigenvalue weighted by Crippen LogP contribution is -2.19. The molecule has 168 valence electrons. The van der Waals surface area contributed by atoms with Crippen molar-refractivity contribution in [1.29, 1.82) is 0 Å². The van der Waals surface area contributed by atoms with Gasteiger partial charge in [0.25, 0.3) is 5.91 Å². The van der Waals surface area contributed by atoms with Crippen molar-refractivity contribution in [3.63, 3.8) is 0 Å². The monoisotopic (exact) mass is 467 g/mol. The lowest BCUT2D eigenvalue weighted by atomic mass is 10.1. The number of carbonyl (C=O) groups excluding carboxylic acids is 2. The van der Waals surface area contributed by atoms with E-state index < -0.39 is 5.25 Å². The Morgan fingerprint density at radius 1 is 0.824 bits per heavy atom. The summed E-state index contributed by atoms with van der Waals surface area (Å²) in [6, 6.07) is 28.1. The average Bonchev–Trinajstić information content (AvgIpc) is 3.55. The first-order valence-corrected chi connectivity index (χ1v) is 11.6. The minimum atomic E-state index is -0.489. The maximum Gasteiger partial charge on any atom is 0.291 e. The van der Waals surface area contributed by atoms with Crippen LogP contribution in [0.15, 0.2) is 113 Å². The molecule has 0 saturated heterocycles. The van der Waals surface area contributed by atoms with E-state index in [9.17, 15) is 9.59 Å². The second-order valence-corrected chi connectivity index (χ2v) is 8.82. The van der Waals surface area contributed by atoms with Crippen LogP contribution in [-0.4, -0.2) is 16.8 Å². The van der Waals surface area contributed by atoms with Gasteiger partial charge in [0.05, 0.1) is 6.26 Å². The summed E-state index contributed by atoms with van der Waals surface area (Å²) in [4.78, 5) is 29.7. The maximum absolute atomic E-state index is 13.4. The van der Waals surface area contributed by atoms with Gasteiger partial charge >= 0.3 is 0 Å². The van der Waals surface area contributed by atoms with Gasteiger partial charge in [-0.1, -0.05) is 42.5 Å². The number of aromatic amines is 1. The molecule has 34 heavy (non-hydrogen) atoms. The molecule has 0 aliphatic heterocycles. The van der Waals surface area contributed by atoms with E-state index in [1.165, 1.54) is 18.0 Å². The Morgan fingerprint density at radius 3 is 2.50 bits per heavy atom. The number of rotatable bonds is 7. The average molecular weight is 468 g/mol. The van der Waals surface area contributed by atoms with Crippen LogP contribution in [0, 0.1) is 0 Å². The molecule has 3 aromatic carbocycles. The highest BCUT2D eigenvalue weighted by molar-refractivity contribution is 8.00. The molecule has 5 aromatic rings. The van der Waals surface area contributed by atoms with Crippen LogP contribution >= 0.6 is 11.8 Å². The quantitative estimate of drug-likeness (QED) is 0.239. The first kappa shape index (κ1) is 21.6. The molecule has 0 aliphatic carbocycles. The van der Waals surface area contributed by atoms with E-state index in [-0.39, 0.29) is 17.6 Å². The van der Waals surface area contributed by atoms with E-state index in [2.05, 4.69) is 15.6 Å². The standard InChI is InChI=1S/C27H21N3O3S/c31-26(24-10-5-15-33-24)29-20-8-4-9-22(16-20)34-25(19-6-2-1-3-7-19)27(32)30-21-12-11-18-13-14-28-23(18)17-21/h1-17,25,28H,(H,29,31)(H,30,32). The Hall–Kier alpha value is -4.23. The number of benzene rings is 3. The molecule has 6 nitrogen and oxygen atoms in total. The number of fused-ring (bicyclic) bond motifs is 1. The number of amides is 2. The molecule has 2 amide bonds. The summed E-state index contributed by atoms with van der Waals surface area (Å²) >= 11 is 1.42. The van der Waals surface area contributed by atoms with Crippen LogP contribution in [0.3, 0.4) is 0 Å². The van der Waals surface area contributed by atoms with Gasteiger partial charge in [0.15, 0.2) is 5.76 Å². The number of hydrogen-bond donors (Lipinski definition) is 3. The SMILES string of the molecule is O=C(Nc1cccc(SC(C(=O)Nc2ccc3cc[nH]c3c2)c2ccccc2)c1)c1ccco1. The van der Waals surface area contributed by atoms with Crippen molar-refractivity contribution < 1.29 is 14.0 Å². The molecule has 2 heterocycles. The summed E-state index contributed by atoms with van der Waals surface area (Å²) in [6.45, 7) is 0. The fourth-order valence-corrected chi connectivity index (χ4v) is 4.70. The zero-order valence-electron chi connectivity index (χ0n) is 18.0. The third-order valence-electron chi connectivity index (χ3n) is 5.25. The molecular weight excluding hydrogens is 446 g/mol. The molecule has 3 N–H and O–H groups in total. The largest absolute Gasteiger partial charge is 0.459 e. The van der Waals surface area contributed by atoms with Crippen molar-refractivity contribution in [3.8, 4) is 0 Å². The van der Waals surface area contributed by atoms with Crippen LogP contribution in [0.4, 0.5) is 11.4 Å². The van der Waals surface area contributed by atoms with Crippen LogP contribution in [0.25, 0.3) is 10.9 Å². The first-order valence-electron chi connectivity index (χ1n) is 10.7. The number of H-pyrrole nitrogens is 1. The van der Waals surface area contributed by atoms with Crippen molar-refractivity contribution in [3.05, 3.63) is 115 Å². The van der Waals surface area contributed by atoms with E-state index in [0.717, 1.165) is 27.0 Å². The molecule has 7 heteroatoms. The van der Waals surface area contributed by atoms with Crippen molar-refractivity contribution in [2.45, 2.75) is 10.1 Å². The number of anilines is 2. The lowest BCUT2D eigenvalue weighted by Gasteiger charge is -2.18. The van der Waals surface area contributed by atoms with Crippen LogP contribution < -0.4 is 10.6 Å². The van der Waals surface area contributed by atoms with Gasteiger partial charge in [0, 0.05) is 28.0 Å². The zero-order chi connectivity index (χ0) is 23.3. The maximum atomic E-state index is 13.4. The fourth-order valence-electron chi connectivity index (χ4n) is 3.62. The Morgan fingerprint density at radius 2 is 1.68 bits per heavy atom. The molecule has 0 radical (unpaired) electrons. The minimum Gasteiger partial charge on any atom is -0.459 e. The Kier molecular flexibility index (Phi) is 6.18. The first-order chi connectivity index (χ1) is 16.7. The third-order valence-corrected chi connectivity index (χ3v) is 6.50. The summed E-state index contributed by atoms with van der Waals surface area (Å²) in [5.74, 6) is -0.227. The Bertz CT molecular complexity index is 1430. The van der Waals surface area contributed by atoms with Gasteiger partial charge in [-0.25, -0.2) is 0 Å². The summed E-state index contributed by atoms with van der Waals surface area (Å²) in [5.41, 5.74) is 3.19. The summed E-state index contributed by atoms with van der Waals surface area (Å²) < 4.78 is 5.16. The second-order valence-electron chi connectivity index (χ2n) is 7.64. The van der Waals surface area contributed by atoms with Gasteiger partial charge in [0.1, 0.15) is 5.25 Å². The highest BCUT2D eigenvalue weighted by Gasteiger charge is 2.22. The smallest absolute Gasteiger partial charge is 0.291 e. The molecule has 1 atom stereocenters. The van der Waals surface area contributed by atoms with Crippen LogP contribution in [0.5, 0.6) is 0 Å². The third kappa shape index (κ3) is 4.89. The molecule has 2 aromatic heterocycles. The number of hydrogen-bond acceptors (Lipinski definition) is 4. The molecule has 0 fully saturated rings. The number of aromatic nitrogens is 1. The molecular formula is C27H21N3O3S. The van der Waals surface area contributed by atoms with Gasteiger partial charge < -0.3 is 20.0 Å². The minimum absolute atomic E-state index is 0.132. The number of furan rings is 1. The Balaban J connectivity index is 1.37. The zero-order valence-corrected chi connectivity index (χ0v) is 18.8. The molecule has 0 bridgehead atoms. The van der Waals surface area contributed by atoms with Crippen molar-refractivity contribution in [2.24, 2.45) is 0 Å². The molecule has 0 aliphatic rings. The van der Waals surface area contributed by atoms with E-state index in [1.807, 2.05) is 79.0 Å². The summed E-state index contributed by atoms with van der Waals surface area (Å²) in [6.07, 6.45) is 3.33. The van der Waals surface area contributed by atoms with E-state index in [0.29, 0.717) is 5.69 Å². The summed E-state index contributed by atoms with van der Waals surface area (Å²) in [7, 11) is 0. The number of carbonyl (C=O) groups is 2. The van der Waals surface area contributed by atoms with Gasteiger partial charge in [0.2, 0.25) is 5.91 Å². The molecule has 0 saturated carbocycles. The van der Waals surface area contributed by atoms with Crippen molar-refractivity contribution >= 4 is 45.9 Å². The topological polar surface area (TPSA) is 87.1 Å². The molecule has 5 rings (SSSR count). The molecule has 1 unspecified atom stereocenters. The molecule has 0 spiro atoms. The highest BCUT2D eigenvalue weighted by Crippen LogP contribution is 2.37. The van der Waals surface area contributed by atoms with Gasteiger partial charge in [-0.2, -0.15) is 0 Å². The second kappa shape index (κ2) is 9.72. The predicted molar refractivity (Wildman–Crippen MR) is 135 cm³/mol.